The van der Waals surface area contributed by atoms with Gasteiger partial charge < -0.3 is 9.80 Å². The van der Waals surface area contributed by atoms with Crippen molar-refractivity contribution in [2.45, 2.75) is 33.2 Å². The van der Waals surface area contributed by atoms with E-state index in [1.165, 1.54) is 37.1 Å². The third-order valence-corrected chi connectivity index (χ3v) is 3.58. The number of rotatable bonds is 0. The second-order valence-electron chi connectivity index (χ2n) is 5.28. The highest BCUT2D eigenvalue weighted by Gasteiger charge is 2.10. The van der Waals surface area contributed by atoms with E-state index in [1.807, 2.05) is 13.8 Å². The van der Waals surface area contributed by atoms with Crippen molar-refractivity contribution in [2.75, 3.05) is 33.7 Å². The second kappa shape index (κ2) is 9.73. The first-order valence-electron chi connectivity index (χ1n) is 7.84. The lowest BCUT2D eigenvalue weighted by Gasteiger charge is -2.24. The Balaban J connectivity index is 0.000000193. The van der Waals surface area contributed by atoms with Gasteiger partial charge in [-0.1, -0.05) is 50.3 Å². The van der Waals surface area contributed by atoms with Crippen molar-refractivity contribution < 1.29 is 0 Å². The van der Waals surface area contributed by atoms with Gasteiger partial charge in [0.15, 0.2) is 0 Å². The van der Waals surface area contributed by atoms with Gasteiger partial charge in [-0.05, 0) is 38.1 Å². The summed E-state index contributed by atoms with van der Waals surface area (Å²) in [5.41, 5.74) is 3.03. The van der Waals surface area contributed by atoms with Crippen LogP contribution in [-0.2, 0) is 13.0 Å². The van der Waals surface area contributed by atoms with Gasteiger partial charge in [0, 0.05) is 26.2 Å². The highest BCUT2D eigenvalue weighted by Crippen LogP contribution is 2.16. The summed E-state index contributed by atoms with van der Waals surface area (Å²) in [5.74, 6) is 0. The molecule has 1 aromatic rings. The van der Waals surface area contributed by atoms with Gasteiger partial charge in [-0.2, -0.15) is 0 Å². The van der Waals surface area contributed by atoms with Crippen molar-refractivity contribution in [3.05, 3.63) is 47.5 Å². The van der Waals surface area contributed by atoms with Crippen molar-refractivity contribution in [3.8, 4) is 0 Å². The molecule has 0 bridgehead atoms. The fraction of sp³-hybridized carbons (Fsp3) is 0.556. The lowest BCUT2D eigenvalue weighted by Crippen LogP contribution is -2.26. The van der Waals surface area contributed by atoms with Crippen LogP contribution in [0.4, 0.5) is 0 Å². The Hall–Kier alpha value is -1.12. The molecule has 3 rings (SSSR count). The number of nitrogens with zero attached hydrogens (tertiary/aromatic N) is 2. The molecule has 2 heteroatoms. The summed E-state index contributed by atoms with van der Waals surface area (Å²) in [7, 11) is 4.32. The lowest BCUT2D eigenvalue weighted by atomic mass is 10.0. The molecule has 0 saturated heterocycles. The topological polar surface area (TPSA) is 6.48 Å². The molecule has 0 unspecified atom stereocenters. The smallest absolute Gasteiger partial charge is 0.0233 e. The quantitative estimate of drug-likeness (QED) is 0.667. The zero-order chi connectivity index (χ0) is 14.8. The molecule has 0 atom stereocenters. The maximum Gasteiger partial charge on any atom is 0.0233 e. The van der Waals surface area contributed by atoms with Gasteiger partial charge in [0.1, 0.15) is 0 Å². The Kier molecular flexibility index (Phi) is 8.24. The molecule has 2 heterocycles. The molecule has 0 aromatic heterocycles. The summed E-state index contributed by atoms with van der Waals surface area (Å²) in [4.78, 5) is 4.67. The van der Waals surface area contributed by atoms with Gasteiger partial charge >= 0.3 is 0 Å². The lowest BCUT2D eigenvalue weighted by molar-refractivity contribution is 0.313. The number of hydrogen-bond acceptors (Lipinski definition) is 2. The van der Waals surface area contributed by atoms with Gasteiger partial charge in [0.25, 0.3) is 0 Å². The average molecular weight is 274 g/mol. The van der Waals surface area contributed by atoms with E-state index >= 15 is 0 Å². The van der Waals surface area contributed by atoms with E-state index < -0.39 is 0 Å². The Bertz CT molecular complexity index is 398. The monoisotopic (exact) mass is 274 g/mol. The normalized spacial score (nSPS) is 18.2. The summed E-state index contributed by atoms with van der Waals surface area (Å²) in [5, 5.41) is 0. The molecule has 0 aliphatic carbocycles. The SMILES string of the molecule is CC.CN1CC=CCC1.CN1CCc2ccccc2C1. The van der Waals surface area contributed by atoms with Crippen molar-refractivity contribution in [3.63, 3.8) is 0 Å². The van der Waals surface area contributed by atoms with Gasteiger partial charge in [-0.25, -0.2) is 0 Å². The minimum Gasteiger partial charge on any atom is -0.302 e. The third kappa shape index (κ3) is 5.89. The zero-order valence-electron chi connectivity index (χ0n) is 13.6. The molecule has 0 fully saturated rings. The first-order chi connectivity index (χ1) is 9.75. The Morgan fingerprint density at radius 3 is 2.10 bits per heavy atom. The van der Waals surface area contributed by atoms with Crippen LogP contribution in [0.15, 0.2) is 36.4 Å². The van der Waals surface area contributed by atoms with Crippen LogP contribution >= 0.6 is 0 Å². The maximum absolute atomic E-state index is 2.36. The first kappa shape index (κ1) is 16.9. The first-order valence-corrected chi connectivity index (χ1v) is 7.84. The van der Waals surface area contributed by atoms with E-state index in [0.717, 1.165) is 13.1 Å². The Morgan fingerprint density at radius 2 is 1.55 bits per heavy atom. The molecule has 2 nitrogen and oxygen atoms in total. The van der Waals surface area contributed by atoms with Crippen molar-refractivity contribution in [1.29, 1.82) is 0 Å². The number of fused-ring (bicyclic) bond motifs is 1. The van der Waals surface area contributed by atoms with Crippen molar-refractivity contribution >= 4 is 0 Å². The van der Waals surface area contributed by atoms with Crippen LogP contribution in [0.2, 0.25) is 0 Å². The number of likely N-dealkylation sites (N-methyl/N-ethyl adjacent to an activating group) is 2. The van der Waals surface area contributed by atoms with Crippen LogP contribution in [0, 0.1) is 0 Å². The summed E-state index contributed by atoms with van der Waals surface area (Å²) in [6, 6.07) is 8.72. The van der Waals surface area contributed by atoms with E-state index in [2.05, 4.69) is 60.3 Å². The molecule has 0 spiro atoms. The molecule has 0 saturated carbocycles. The summed E-state index contributed by atoms with van der Waals surface area (Å²) in [6.07, 6.45) is 6.90. The molecular weight excluding hydrogens is 244 g/mol. The van der Waals surface area contributed by atoms with Gasteiger partial charge in [-0.15, -0.1) is 0 Å². The van der Waals surface area contributed by atoms with Gasteiger partial charge in [0.05, 0.1) is 0 Å². The van der Waals surface area contributed by atoms with E-state index in [1.54, 1.807) is 0 Å². The molecule has 1 aromatic carbocycles. The molecule has 2 aliphatic heterocycles. The average Bonchev–Trinajstić information content (AvgIpc) is 2.50. The largest absolute Gasteiger partial charge is 0.302 e. The van der Waals surface area contributed by atoms with E-state index in [0.29, 0.717) is 0 Å². The Morgan fingerprint density at radius 1 is 0.850 bits per heavy atom. The molecule has 2 aliphatic rings. The fourth-order valence-corrected chi connectivity index (χ4v) is 2.40. The molecule has 0 radical (unpaired) electrons. The van der Waals surface area contributed by atoms with Gasteiger partial charge in [-0.3, -0.25) is 0 Å². The van der Waals surface area contributed by atoms with Crippen LogP contribution in [-0.4, -0.2) is 43.5 Å². The minimum absolute atomic E-state index is 1.12. The zero-order valence-corrected chi connectivity index (χ0v) is 13.6. The minimum atomic E-state index is 1.12. The Labute approximate surface area is 125 Å². The van der Waals surface area contributed by atoms with Crippen LogP contribution < -0.4 is 0 Å². The van der Waals surface area contributed by atoms with Crippen LogP contribution in [0.1, 0.15) is 31.4 Å². The van der Waals surface area contributed by atoms with Crippen LogP contribution in [0.3, 0.4) is 0 Å². The van der Waals surface area contributed by atoms with E-state index in [4.69, 9.17) is 0 Å². The summed E-state index contributed by atoms with van der Waals surface area (Å²) < 4.78 is 0. The highest BCUT2D eigenvalue weighted by atomic mass is 15.1. The molecule has 20 heavy (non-hydrogen) atoms. The molecule has 0 amide bonds. The second-order valence-corrected chi connectivity index (χ2v) is 5.28. The summed E-state index contributed by atoms with van der Waals surface area (Å²) in [6.45, 7) is 8.70. The number of benzene rings is 1. The molecular formula is C18H30N2. The van der Waals surface area contributed by atoms with Crippen molar-refractivity contribution in [2.24, 2.45) is 0 Å². The van der Waals surface area contributed by atoms with Crippen LogP contribution in [0.25, 0.3) is 0 Å². The molecule has 112 valence electrons. The predicted octanol–water partition coefficient (Wildman–Crippen LogP) is 3.58. The maximum atomic E-state index is 2.36. The highest BCUT2D eigenvalue weighted by molar-refractivity contribution is 5.28. The van der Waals surface area contributed by atoms with Crippen LogP contribution in [0.5, 0.6) is 0 Å². The van der Waals surface area contributed by atoms with Crippen molar-refractivity contribution in [1.82, 2.24) is 9.80 Å². The molecule has 0 N–H and O–H groups in total. The van der Waals surface area contributed by atoms with Gasteiger partial charge in [0.2, 0.25) is 0 Å². The predicted molar refractivity (Wildman–Crippen MR) is 89.1 cm³/mol. The number of hydrogen-bond donors (Lipinski definition) is 0. The van der Waals surface area contributed by atoms with E-state index in [9.17, 15) is 0 Å². The summed E-state index contributed by atoms with van der Waals surface area (Å²) >= 11 is 0. The third-order valence-electron chi connectivity index (χ3n) is 3.58. The standard InChI is InChI=1S/C10H13N.C6H11N.C2H6/c1-11-7-6-9-4-2-3-5-10(9)8-11;1-7-5-3-2-4-6-7;1-2/h2-5H,6-8H2,1H3;2-3H,4-6H2,1H3;1-2H3. The fourth-order valence-electron chi connectivity index (χ4n) is 2.40. The van der Waals surface area contributed by atoms with E-state index in [-0.39, 0.29) is 0 Å².